The van der Waals surface area contributed by atoms with Crippen molar-refractivity contribution in [3.8, 4) is 0 Å². The highest BCUT2D eigenvalue weighted by molar-refractivity contribution is 6.30. The van der Waals surface area contributed by atoms with Crippen molar-refractivity contribution in [2.75, 3.05) is 18.4 Å². The molecular weight excluding hydrogens is 431 g/mol. The Kier molecular flexibility index (Phi) is 7.46. The number of anilines is 1. The zero-order chi connectivity index (χ0) is 22.4. The van der Waals surface area contributed by atoms with Crippen LogP contribution >= 0.6 is 11.6 Å². The molecule has 0 bridgehead atoms. The van der Waals surface area contributed by atoms with Crippen LogP contribution in [0.4, 0.5) is 18.9 Å². The third kappa shape index (κ3) is 5.92. The molecule has 166 valence electrons. The largest absolute Gasteiger partial charge is 0.490 e. The maximum Gasteiger partial charge on any atom is 0.490 e. The first-order valence-corrected chi connectivity index (χ1v) is 10.2. The third-order valence-corrected chi connectivity index (χ3v) is 5.23. The molecule has 1 aromatic heterocycles. The lowest BCUT2D eigenvalue weighted by Crippen LogP contribution is -2.25. The lowest BCUT2D eigenvalue weighted by Gasteiger charge is -2.17. The van der Waals surface area contributed by atoms with E-state index in [9.17, 15) is 13.2 Å². The highest BCUT2D eigenvalue weighted by Crippen LogP contribution is 2.28. The third-order valence-electron chi connectivity index (χ3n) is 4.99. The molecule has 4 rings (SSSR count). The minimum Gasteiger partial charge on any atom is -0.475 e. The number of carboxylic acids is 1. The van der Waals surface area contributed by atoms with Gasteiger partial charge in [-0.05, 0) is 49.2 Å². The molecule has 0 atom stereocenters. The zero-order valence-electron chi connectivity index (χ0n) is 16.7. The maximum absolute atomic E-state index is 10.6. The predicted molar refractivity (Wildman–Crippen MR) is 116 cm³/mol. The van der Waals surface area contributed by atoms with E-state index in [2.05, 4.69) is 45.5 Å². The number of aryl methyl sites for hydroxylation is 1. The van der Waals surface area contributed by atoms with Crippen LogP contribution < -0.4 is 10.6 Å². The van der Waals surface area contributed by atoms with Gasteiger partial charge in [-0.15, -0.1) is 0 Å². The number of aliphatic carboxylic acids is 1. The molecule has 1 aliphatic heterocycles. The standard InChI is InChI=1S/C20H22ClN3.C2HF3O2/c21-15-5-3-6-16(13-15)23-10-4-12-24-19-8-2-1-7-17(19)18-9-11-22-14-20(18)24;3-2(4,5)1(6)7/h1-3,5-8,13,22-23H,4,9-12,14H2;(H,6,7). The van der Waals surface area contributed by atoms with Gasteiger partial charge in [0.25, 0.3) is 0 Å². The molecule has 9 heteroatoms. The highest BCUT2D eigenvalue weighted by atomic mass is 35.5. The summed E-state index contributed by atoms with van der Waals surface area (Å²) in [5.74, 6) is -2.76. The number of aromatic nitrogens is 1. The fraction of sp³-hybridized carbons (Fsp3) is 0.318. The van der Waals surface area contributed by atoms with Crippen molar-refractivity contribution >= 4 is 34.2 Å². The molecule has 1 aliphatic rings. The number of nitrogens with zero attached hydrogens (tertiary/aromatic N) is 1. The Morgan fingerprint density at radius 2 is 1.94 bits per heavy atom. The molecule has 3 aromatic rings. The minimum atomic E-state index is -5.08. The van der Waals surface area contributed by atoms with Gasteiger partial charge in [0.2, 0.25) is 0 Å². The minimum absolute atomic E-state index is 0.775. The van der Waals surface area contributed by atoms with Gasteiger partial charge in [-0.25, -0.2) is 4.79 Å². The smallest absolute Gasteiger partial charge is 0.475 e. The molecular formula is C22H23ClF3N3O2. The van der Waals surface area contributed by atoms with E-state index in [4.69, 9.17) is 21.5 Å². The van der Waals surface area contributed by atoms with E-state index >= 15 is 0 Å². The molecule has 5 nitrogen and oxygen atoms in total. The Morgan fingerprint density at radius 1 is 1.19 bits per heavy atom. The quantitative estimate of drug-likeness (QED) is 0.471. The normalized spacial score (nSPS) is 13.3. The number of nitrogens with one attached hydrogen (secondary N) is 2. The summed E-state index contributed by atoms with van der Waals surface area (Å²) in [4.78, 5) is 8.90. The molecule has 0 saturated carbocycles. The van der Waals surface area contributed by atoms with Crippen LogP contribution in [0.15, 0.2) is 48.5 Å². The first-order valence-electron chi connectivity index (χ1n) is 9.86. The summed E-state index contributed by atoms with van der Waals surface area (Å²) in [7, 11) is 0. The van der Waals surface area contributed by atoms with Crippen LogP contribution in [0.1, 0.15) is 17.7 Å². The van der Waals surface area contributed by atoms with Crippen LogP contribution in [-0.4, -0.2) is 34.9 Å². The number of halogens is 4. The Bertz CT molecular complexity index is 1050. The second-order valence-electron chi connectivity index (χ2n) is 7.11. The van der Waals surface area contributed by atoms with Crippen molar-refractivity contribution in [2.45, 2.75) is 32.1 Å². The molecule has 0 unspecified atom stereocenters. The number of hydrogen-bond acceptors (Lipinski definition) is 3. The van der Waals surface area contributed by atoms with Gasteiger partial charge >= 0.3 is 12.1 Å². The summed E-state index contributed by atoms with van der Waals surface area (Å²) < 4.78 is 34.2. The lowest BCUT2D eigenvalue weighted by atomic mass is 10.1. The summed E-state index contributed by atoms with van der Waals surface area (Å²) in [6, 6.07) is 16.7. The molecule has 2 heterocycles. The average Bonchev–Trinajstić information content (AvgIpc) is 3.05. The number of fused-ring (bicyclic) bond motifs is 3. The summed E-state index contributed by atoms with van der Waals surface area (Å²) in [5.41, 5.74) is 5.45. The van der Waals surface area contributed by atoms with Gasteiger partial charge in [0.05, 0.1) is 0 Å². The molecule has 31 heavy (non-hydrogen) atoms. The first kappa shape index (κ1) is 23.0. The van der Waals surface area contributed by atoms with Crippen LogP contribution in [0.2, 0.25) is 5.02 Å². The molecule has 0 saturated heterocycles. The van der Waals surface area contributed by atoms with Crippen LogP contribution in [0, 0.1) is 0 Å². The number of alkyl halides is 3. The summed E-state index contributed by atoms with van der Waals surface area (Å²) in [6.07, 6.45) is -2.87. The van der Waals surface area contributed by atoms with Crippen molar-refractivity contribution < 1.29 is 23.1 Å². The van der Waals surface area contributed by atoms with Crippen LogP contribution in [0.5, 0.6) is 0 Å². The van der Waals surface area contributed by atoms with Gasteiger partial charge in [-0.1, -0.05) is 35.9 Å². The number of carbonyl (C=O) groups is 1. The Morgan fingerprint density at radius 3 is 2.65 bits per heavy atom. The summed E-state index contributed by atoms with van der Waals surface area (Å²) in [6.45, 7) is 4.03. The predicted octanol–water partition coefficient (Wildman–Crippen LogP) is 5.08. The Labute approximate surface area is 182 Å². The zero-order valence-corrected chi connectivity index (χ0v) is 17.4. The molecule has 0 spiro atoms. The van der Waals surface area contributed by atoms with Crippen LogP contribution in [-0.2, 0) is 24.3 Å². The van der Waals surface area contributed by atoms with Gasteiger partial charge in [0.15, 0.2) is 0 Å². The van der Waals surface area contributed by atoms with E-state index in [1.165, 1.54) is 22.2 Å². The van der Waals surface area contributed by atoms with Crippen molar-refractivity contribution in [2.24, 2.45) is 0 Å². The van der Waals surface area contributed by atoms with E-state index in [1.807, 2.05) is 18.2 Å². The van der Waals surface area contributed by atoms with Crippen molar-refractivity contribution in [1.82, 2.24) is 9.88 Å². The summed E-state index contributed by atoms with van der Waals surface area (Å²) in [5, 5.41) is 16.3. The average molecular weight is 454 g/mol. The number of hydrogen-bond donors (Lipinski definition) is 3. The van der Waals surface area contributed by atoms with Gasteiger partial charge in [-0.3, -0.25) is 0 Å². The van der Waals surface area contributed by atoms with Gasteiger partial charge in [0, 0.05) is 46.9 Å². The second-order valence-corrected chi connectivity index (χ2v) is 7.55. The van der Waals surface area contributed by atoms with E-state index in [-0.39, 0.29) is 0 Å². The fourth-order valence-electron chi connectivity index (χ4n) is 3.65. The number of benzene rings is 2. The number of para-hydroxylation sites is 1. The Hall–Kier alpha value is -2.71. The van der Waals surface area contributed by atoms with Gasteiger partial charge < -0.3 is 20.3 Å². The lowest BCUT2D eigenvalue weighted by molar-refractivity contribution is -0.192. The van der Waals surface area contributed by atoms with E-state index in [0.29, 0.717) is 0 Å². The van der Waals surface area contributed by atoms with Gasteiger partial charge in [-0.2, -0.15) is 13.2 Å². The monoisotopic (exact) mass is 453 g/mol. The van der Waals surface area contributed by atoms with E-state index < -0.39 is 12.1 Å². The molecule has 2 aromatic carbocycles. The molecule has 0 radical (unpaired) electrons. The van der Waals surface area contributed by atoms with E-state index in [1.54, 1.807) is 0 Å². The Balaban J connectivity index is 0.000000339. The van der Waals surface area contributed by atoms with Crippen molar-refractivity contribution in [3.05, 3.63) is 64.8 Å². The van der Waals surface area contributed by atoms with Gasteiger partial charge in [0.1, 0.15) is 0 Å². The molecule has 0 aliphatic carbocycles. The van der Waals surface area contributed by atoms with Crippen molar-refractivity contribution in [1.29, 1.82) is 0 Å². The van der Waals surface area contributed by atoms with E-state index in [0.717, 1.165) is 49.7 Å². The fourth-order valence-corrected chi connectivity index (χ4v) is 3.84. The van der Waals surface area contributed by atoms with Crippen LogP contribution in [0.25, 0.3) is 10.9 Å². The highest BCUT2D eigenvalue weighted by Gasteiger charge is 2.38. The second kappa shape index (κ2) is 10.1. The maximum atomic E-state index is 10.6. The SMILES string of the molecule is Clc1cccc(NCCCn2c3c(c4ccccc42)CCNC3)c1.O=C(O)C(F)(F)F. The van der Waals surface area contributed by atoms with Crippen LogP contribution in [0.3, 0.4) is 0 Å². The number of rotatable bonds is 5. The first-order chi connectivity index (χ1) is 14.8. The molecule has 0 fully saturated rings. The van der Waals surface area contributed by atoms with Crippen molar-refractivity contribution in [3.63, 3.8) is 0 Å². The topological polar surface area (TPSA) is 66.3 Å². The molecule has 3 N–H and O–H groups in total. The molecule has 0 amide bonds. The number of carboxylic acid groups (broad SMARTS) is 1. The summed E-state index contributed by atoms with van der Waals surface area (Å²) >= 11 is 6.03.